The summed E-state index contributed by atoms with van der Waals surface area (Å²) in [6.45, 7) is 2.96. The highest BCUT2D eigenvalue weighted by atomic mass is 32.2. The van der Waals surface area contributed by atoms with Crippen molar-refractivity contribution < 1.29 is 14.3 Å². The number of carbonyl (C=O) groups is 1. The SMILES string of the molecule is CCCCCCc1ccc(C(=O)N2CCSC2c2cccc(OC)c2OC)cc1. The van der Waals surface area contributed by atoms with Crippen molar-refractivity contribution in [2.24, 2.45) is 0 Å². The number of methoxy groups -OCH3 is 2. The Hall–Kier alpha value is -2.14. The second kappa shape index (κ2) is 10.6. The van der Waals surface area contributed by atoms with Gasteiger partial charge in [0.05, 0.1) is 14.2 Å². The second-order valence-corrected chi connectivity index (χ2v) is 8.50. The van der Waals surface area contributed by atoms with Gasteiger partial charge in [-0.1, -0.05) is 50.5 Å². The maximum Gasteiger partial charge on any atom is 0.255 e. The smallest absolute Gasteiger partial charge is 0.255 e. The molecule has 5 heteroatoms. The number of carbonyl (C=O) groups excluding carboxylic acids is 1. The number of hydrogen-bond donors (Lipinski definition) is 0. The number of rotatable bonds is 9. The number of para-hydroxylation sites is 1. The van der Waals surface area contributed by atoms with Crippen LogP contribution in [0, 0.1) is 0 Å². The number of nitrogens with zero attached hydrogens (tertiary/aromatic N) is 1. The van der Waals surface area contributed by atoms with E-state index in [0.717, 1.165) is 29.8 Å². The molecule has 1 unspecified atom stereocenters. The Morgan fingerprint density at radius 2 is 1.86 bits per heavy atom. The van der Waals surface area contributed by atoms with Gasteiger partial charge in [-0.2, -0.15) is 0 Å². The van der Waals surface area contributed by atoms with Crippen molar-refractivity contribution in [3.8, 4) is 11.5 Å². The van der Waals surface area contributed by atoms with Gasteiger partial charge in [0, 0.05) is 23.4 Å². The largest absolute Gasteiger partial charge is 0.493 e. The minimum Gasteiger partial charge on any atom is -0.493 e. The van der Waals surface area contributed by atoms with Crippen LogP contribution >= 0.6 is 11.8 Å². The molecule has 156 valence electrons. The Morgan fingerprint density at radius 1 is 1.07 bits per heavy atom. The normalized spacial score (nSPS) is 16.1. The van der Waals surface area contributed by atoms with Crippen LogP contribution in [-0.2, 0) is 6.42 Å². The molecule has 0 saturated carbocycles. The lowest BCUT2D eigenvalue weighted by atomic mass is 10.0. The van der Waals surface area contributed by atoms with E-state index in [-0.39, 0.29) is 11.3 Å². The number of amides is 1. The Bertz CT molecular complexity index is 806. The van der Waals surface area contributed by atoms with Crippen LogP contribution < -0.4 is 9.47 Å². The van der Waals surface area contributed by atoms with Crippen LogP contribution in [0.5, 0.6) is 11.5 Å². The third-order valence-electron chi connectivity index (χ3n) is 5.37. The Balaban J connectivity index is 1.74. The second-order valence-electron chi connectivity index (χ2n) is 7.31. The Labute approximate surface area is 178 Å². The number of unbranched alkanes of at least 4 members (excludes halogenated alkanes) is 3. The topological polar surface area (TPSA) is 38.8 Å². The van der Waals surface area contributed by atoms with Crippen molar-refractivity contribution in [2.45, 2.75) is 44.4 Å². The maximum absolute atomic E-state index is 13.2. The number of thioether (sulfide) groups is 1. The van der Waals surface area contributed by atoms with Crippen LogP contribution in [0.15, 0.2) is 42.5 Å². The van der Waals surface area contributed by atoms with E-state index in [0.29, 0.717) is 11.5 Å². The fraction of sp³-hybridized carbons (Fsp3) is 0.458. The third-order valence-corrected chi connectivity index (χ3v) is 6.61. The first-order valence-corrected chi connectivity index (χ1v) is 11.5. The molecule has 0 aliphatic carbocycles. The van der Waals surface area contributed by atoms with Gasteiger partial charge in [0.1, 0.15) is 5.37 Å². The molecule has 0 radical (unpaired) electrons. The zero-order valence-electron chi connectivity index (χ0n) is 17.6. The van der Waals surface area contributed by atoms with E-state index in [9.17, 15) is 4.79 Å². The van der Waals surface area contributed by atoms with Gasteiger partial charge < -0.3 is 14.4 Å². The van der Waals surface area contributed by atoms with Gasteiger partial charge in [0.15, 0.2) is 11.5 Å². The quantitative estimate of drug-likeness (QED) is 0.493. The molecule has 0 spiro atoms. The van der Waals surface area contributed by atoms with E-state index >= 15 is 0 Å². The molecule has 29 heavy (non-hydrogen) atoms. The minimum atomic E-state index is -0.0683. The summed E-state index contributed by atoms with van der Waals surface area (Å²) in [7, 11) is 3.28. The van der Waals surface area contributed by atoms with Crippen molar-refractivity contribution in [1.29, 1.82) is 0 Å². The molecule has 1 aliphatic rings. The van der Waals surface area contributed by atoms with E-state index in [4.69, 9.17) is 9.47 Å². The molecule has 3 rings (SSSR count). The average molecular weight is 414 g/mol. The molecule has 1 atom stereocenters. The van der Waals surface area contributed by atoms with Crippen LogP contribution in [0.4, 0.5) is 0 Å². The maximum atomic E-state index is 13.2. The molecule has 1 heterocycles. The van der Waals surface area contributed by atoms with Gasteiger partial charge in [-0.25, -0.2) is 0 Å². The molecule has 0 bridgehead atoms. The van der Waals surface area contributed by atoms with Crippen molar-refractivity contribution in [1.82, 2.24) is 4.90 Å². The molecule has 4 nitrogen and oxygen atoms in total. The molecular weight excluding hydrogens is 382 g/mol. The molecule has 2 aromatic carbocycles. The zero-order chi connectivity index (χ0) is 20.6. The fourth-order valence-electron chi connectivity index (χ4n) is 3.78. The summed E-state index contributed by atoms with van der Waals surface area (Å²) in [5.74, 6) is 2.38. The fourth-order valence-corrected chi connectivity index (χ4v) is 5.05. The number of ether oxygens (including phenoxy) is 2. The van der Waals surface area contributed by atoms with E-state index in [2.05, 4.69) is 19.1 Å². The summed E-state index contributed by atoms with van der Waals surface area (Å²) in [5.41, 5.74) is 3.03. The van der Waals surface area contributed by atoms with Crippen LogP contribution in [0.2, 0.25) is 0 Å². The first kappa shape index (κ1) is 21.6. The van der Waals surface area contributed by atoms with E-state index in [1.54, 1.807) is 26.0 Å². The molecule has 1 saturated heterocycles. The summed E-state index contributed by atoms with van der Waals surface area (Å²) in [5, 5.41) is -0.0683. The molecule has 1 fully saturated rings. The van der Waals surface area contributed by atoms with Crippen LogP contribution in [0.1, 0.15) is 59.5 Å². The van der Waals surface area contributed by atoms with Gasteiger partial charge >= 0.3 is 0 Å². The molecule has 0 aromatic heterocycles. The summed E-state index contributed by atoms with van der Waals surface area (Å²) in [6.07, 6.45) is 6.10. The lowest BCUT2D eigenvalue weighted by Gasteiger charge is -2.26. The highest BCUT2D eigenvalue weighted by molar-refractivity contribution is 7.99. The molecule has 2 aromatic rings. The van der Waals surface area contributed by atoms with Crippen molar-refractivity contribution >= 4 is 17.7 Å². The minimum absolute atomic E-state index is 0.0683. The van der Waals surface area contributed by atoms with Gasteiger partial charge in [0.25, 0.3) is 5.91 Å². The standard InChI is InChI=1S/C24H31NO3S/c1-4-5-6-7-9-18-12-14-19(15-13-18)23(26)25-16-17-29-24(25)20-10-8-11-21(27-2)22(20)28-3/h8,10-15,24H,4-7,9,16-17H2,1-3H3. The summed E-state index contributed by atoms with van der Waals surface area (Å²) < 4.78 is 11.0. The van der Waals surface area contributed by atoms with Crippen molar-refractivity contribution in [3.63, 3.8) is 0 Å². The predicted molar refractivity (Wildman–Crippen MR) is 120 cm³/mol. The highest BCUT2D eigenvalue weighted by Crippen LogP contribution is 2.45. The van der Waals surface area contributed by atoms with E-state index in [1.807, 2.05) is 35.2 Å². The van der Waals surface area contributed by atoms with Gasteiger partial charge in [-0.05, 0) is 36.6 Å². The van der Waals surface area contributed by atoms with Crippen LogP contribution in [0.3, 0.4) is 0 Å². The first-order chi connectivity index (χ1) is 14.2. The van der Waals surface area contributed by atoms with E-state index < -0.39 is 0 Å². The van der Waals surface area contributed by atoms with Gasteiger partial charge in [-0.15, -0.1) is 11.8 Å². The third kappa shape index (κ3) is 5.08. The number of benzene rings is 2. The van der Waals surface area contributed by atoms with Crippen LogP contribution in [-0.4, -0.2) is 37.3 Å². The Morgan fingerprint density at radius 3 is 2.55 bits per heavy atom. The van der Waals surface area contributed by atoms with Gasteiger partial charge in [0.2, 0.25) is 0 Å². The summed E-state index contributed by atoms with van der Waals surface area (Å²) in [4.78, 5) is 15.2. The van der Waals surface area contributed by atoms with Gasteiger partial charge in [-0.3, -0.25) is 4.79 Å². The lowest BCUT2D eigenvalue weighted by Crippen LogP contribution is -2.30. The average Bonchev–Trinajstić information content (AvgIpc) is 3.25. The molecule has 1 aliphatic heterocycles. The monoisotopic (exact) mass is 413 g/mol. The zero-order valence-corrected chi connectivity index (χ0v) is 18.5. The van der Waals surface area contributed by atoms with E-state index in [1.165, 1.54) is 31.2 Å². The highest BCUT2D eigenvalue weighted by Gasteiger charge is 2.33. The van der Waals surface area contributed by atoms with Crippen molar-refractivity contribution in [2.75, 3.05) is 26.5 Å². The van der Waals surface area contributed by atoms with Crippen LogP contribution in [0.25, 0.3) is 0 Å². The number of aryl methyl sites for hydroxylation is 1. The Kier molecular flexibility index (Phi) is 7.87. The van der Waals surface area contributed by atoms with Crippen molar-refractivity contribution in [3.05, 3.63) is 59.2 Å². The molecular formula is C24H31NO3S. The summed E-state index contributed by atoms with van der Waals surface area (Å²) >= 11 is 1.76. The summed E-state index contributed by atoms with van der Waals surface area (Å²) in [6, 6.07) is 14.0. The predicted octanol–water partition coefficient (Wildman–Crippen LogP) is 5.71. The number of hydrogen-bond acceptors (Lipinski definition) is 4. The first-order valence-electron chi connectivity index (χ1n) is 10.4. The molecule has 1 amide bonds. The lowest BCUT2D eigenvalue weighted by molar-refractivity contribution is 0.0759. The molecule has 0 N–H and O–H groups in total.